The van der Waals surface area contributed by atoms with Gasteiger partial charge in [0.2, 0.25) is 4.87 Å². The highest BCUT2D eigenvalue weighted by Gasteiger charge is 2.73. The van der Waals surface area contributed by atoms with Crippen molar-refractivity contribution in [3.05, 3.63) is 10.1 Å². The fraction of sp³-hybridized carbons (Fsp3) is 0.571. The van der Waals surface area contributed by atoms with Gasteiger partial charge in [0.15, 0.2) is 4.33 Å². The van der Waals surface area contributed by atoms with E-state index in [2.05, 4.69) is 0 Å². The van der Waals surface area contributed by atoms with E-state index in [1.165, 1.54) is 0 Å². The van der Waals surface area contributed by atoms with Crippen molar-refractivity contribution in [1.29, 1.82) is 0 Å². The number of hydrogen-bond donors (Lipinski definition) is 2. The second-order valence-corrected chi connectivity index (χ2v) is 6.42. The minimum absolute atomic E-state index is 0.388. The molecule has 0 saturated heterocycles. The second-order valence-electron chi connectivity index (χ2n) is 3.13. The maximum absolute atomic E-state index is 11.1. The van der Waals surface area contributed by atoms with E-state index >= 15 is 0 Å². The first kappa shape index (κ1) is 15.0. The normalized spacial score (nSPS) is 37.9. The predicted molar refractivity (Wildman–Crippen MR) is 65.1 cm³/mol. The highest BCUT2D eigenvalue weighted by atomic mass is 35.5. The number of rotatable bonds is 2. The zero-order valence-corrected chi connectivity index (χ0v) is 11.8. The molecule has 16 heavy (non-hydrogen) atoms. The van der Waals surface area contributed by atoms with E-state index in [4.69, 9.17) is 79.8 Å². The van der Waals surface area contributed by atoms with Gasteiger partial charge in [-0.05, 0) is 0 Å². The largest absolute Gasteiger partial charge is 0.480 e. The van der Waals surface area contributed by atoms with Crippen molar-refractivity contribution in [2.75, 3.05) is 6.61 Å². The zero-order valence-electron chi connectivity index (χ0n) is 7.28. The fourth-order valence-corrected chi connectivity index (χ4v) is 3.49. The minimum Gasteiger partial charge on any atom is -0.480 e. The molecule has 0 aromatic heterocycles. The molecule has 1 aliphatic carbocycles. The number of carboxylic acid groups (broad SMARTS) is 1. The maximum atomic E-state index is 11.1. The molecule has 0 radical (unpaired) electrons. The third kappa shape index (κ3) is 1.50. The van der Waals surface area contributed by atoms with Crippen LogP contribution in [0.4, 0.5) is 0 Å². The van der Waals surface area contributed by atoms with Crippen LogP contribution in [0, 0.1) is 0 Å². The third-order valence-corrected chi connectivity index (χ3v) is 6.39. The SMILES string of the molecule is O=C(O)C1(Cl)C(Cl)=C(Cl)C(Cl)(CO)C1(Cl)Cl. The Morgan fingerprint density at radius 3 is 1.75 bits per heavy atom. The van der Waals surface area contributed by atoms with Gasteiger partial charge < -0.3 is 10.2 Å². The number of aliphatic hydroxyl groups is 1. The number of aliphatic carboxylic acids is 1. The fourth-order valence-electron chi connectivity index (χ4n) is 1.27. The van der Waals surface area contributed by atoms with Crippen molar-refractivity contribution in [2.24, 2.45) is 0 Å². The molecule has 0 saturated carbocycles. The van der Waals surface area contributed by atoms with Gasteiger partial charge in [0.1, 0.15) is 4.87 Å². The van der Waals surface area contributed by atoms with Crippen LogP contribution in [-0.2, 0) is 4.79 Å². The molecule has 1 rings (SSSR count). The average Bonchev–Trinajstić information content (AvgIpc) is 2.31. The van der Waals surface area contributed by atoms with Gasteiger partial charge in [-0.3, -0.25) is 0 Å². The van der Waals surface area contributed by atoms with E-state index in [-0.39, 0.29) is 5.03 Å². The summed E-state index contributed by atoms with van der Waals surface area (Å²) < 4.78 is -2.29. The molecule has 3 nitrogen and oxygen atoms in total. The molecule has 2 N–H and O–H groups in total. The van der Waals surface area contributed by atoms with Crippen LogP contribution in [0.1, 0.15) is 0 Å². The number of hydrogen-bond acceptors (Lipinski definition) is 2. The second kappa shape index (κ2) is 4.23. The number of carbonyl (C=O) groups is 1. The Morgan fingerprint density at radius 2 is 1.56 bits per heavy atom. The molecule has 0 spiro atoms. The molecule has 9 heteroatoms. The van der Waals surface area contributed by atoms with Crippen LogP contribution in [-0.4, -0.2) is 36.9 Å². The van der Waals surface area contributed by atoms with E-state index in [0.717, 1.165) is 0 Å². The van der Waals surface area contributed by atoms with Crippen molar-refractivity contribution in [3.63, 3.8) is 0 Å². The lowest BCUT2D eigenvalue weighted by Gasteiger charge is -2.36. The minimum atomic E-state index is -2.40. The van der Waals surface area contributed by atoms with Gasteiger partial charge in [0.05, 0.1) is 16.7 Å². The summed E-state index contributed by atoms with van der Waals surface area (Å²) in [7, 11) is 0. The lowest BCUT2D eigenvalue weighted by molar-refractivity contribution is -0.139. The lowest BCUT2D eigenvalue weighted by atomic mass is 10.0. The van der Waals surface area contributed by atoms with E-state index in [1.54, 1.807) is 0 Å². The molecule has 1 aliphatic rings. The first-order valence-electron chi connectivity index (χ1n) is 3.73. The van der Waals surface area contributed by atoms with Crippen LogP contribution in [0.25, 0.3) is 0 Å². The summed E-state index contributed by atoms with van der Waals surface area (Å²) in [5.41, 5.74) is 0. The van der Waals surface area contributed by atoms with Crippen LogP contribution in [0.5, 0.6) is 0 Å². The molecule has 0 aromatic carbocycles. The molecule has 0 fully saturated rings. The van der Waals surface area contributed by atoms with Gasteiger partial charge in [0.25, 0.3) is 0 Å². The molecule has 0 heterocycles. The van der Waals surface area contributed by atoms with Gasteiger partial charge in [-0.2, -0.15) is 0 Å². The number of carboxylic acids is 1. The first-order chi connectivity index (χ1) is 7.07. The van der Waals surface area contributed by atoms with E-state index in [0.29, 0.717) is 0 Å². The third-order valence-electron chi connectivity index (χ3n) is 2.29. The topological polar surface area (TPSA) is 57.5 Å². The number of halogens is 6. The summed E-state index contributed by atoms with van der Waals surface area (Å²) in [4.78, 5) is 6.71. The summed E-state index contributed by atoms with van der Waals surface area (Å²) in [6.45, 7) is -0.821. The molecule has 2 unspecified atom stereocenters. The summed E-state index contributed by atoms with van der Waals surface area (Å²) >= 11 is 34.7. The Bertz CT molecular complexity index is 380. The quantitative estimate of drug-likeness (QED) is 0.754. The van der Waals surface area contributed by atoms with E-state index < -0.39 is 31.7 Å². The van der Waals surface area contributed by atoms with Gasteiger partial charge in [-0.25, -0.2) is 4.79 Å². The first-order valence-corrected chi connectivity index (χ1v) is 6.00. The highest BCUT2D eigenvalue weighted by molar-refractivity contribution is 6.67. The summed E-state index contributed by atoms with van der Waals surface area (Å²) in [6.07, 6.45) is 0. The van der Waals surface area contributed by atoms with Crippen LogP contribution >= 0.6 is 69.6 Å². The van der Waals surface area contributed by atoms with Gasteiger partial charge in [0, 0.05) is 0 Å². The van der Waals surface area contributed by atoms with Crippen LogP contribution < -0.4 is 0 Å². The Labute approximate surface area is 121 Å². The molecular formula is C7H4Cl6O3. The Hall–Kier alpha value is 0.910. The molecule has 0 aliphatic heterocycles. The molecular weight excluding hydrogens is 345 g/mol. The van der Waals surface area contributed by atoms with Gasteiger partial charge >= 0.3 is 5.97 Å². The Kier molecular flexibility index (Phi) is 3.96. The van der Waals surface area contributed by atoms with Crippen molar-refractivity contribution in [3.8, 4) is 0 Å². The van der Waals surface area contributed by atoms with Crippen LogP contribution in [0.2, 0.25) is 0 Å². The summed E-state index contributed by atoms with van der Waals surface area (Å²) in [5.74, 6) is -1.61. The maximum Gasteiger partial charge on any atom is 0.333 e. The predicted octanol–water partition coefficient (Wildman–Crippen LogP) is 2.90. The Morgan fingerprint density at radius 1 is 1.12 bits per heavy atom. The number of aliphatic hydroxyl groups excluding tert-OH is 1. The van der Waals surface area contributed by atoms with Gasteiger partial charge in [-0.15, -0.1) is 11.6 Å². The van der Waals surface area contributed by atoms with E-state index in [1.807, 2.05) is 0 Å². The van der Waals surface area contributed by atoms with Gasteiger partial charge in [-0.1, -0.05) is 58.0 Å². The average molecular weight is 349 g/mol. The monoisotopic (exact) mass is 346 g/mol. The zero-order chi connectivity index (χ0) is 12.9. The molecule has 0 bridgehead atoms. The Balaban J connectivity index is 3.55. The molecule has 92 valence electrons. The molecule has 2 atom stereocenters. The number of alkyl halides is 4. The lowest BCUT2D eigenvalue weighted by Crippen LogP contribution is -2.56. The standard InChI is InChI=1S/C7H4Cl6O3/c8-2-3(9)6(11,4(15)16)7(12,13)5(2,10)1-14/h14H,1H2,(H,15,16). The summed E-state index contributed by atoms with van der Waals surface area (Å²) in [6, 6.07) is 0. The van der Waals surface area contributed by atoms with Crippen LogP contribution in [0.15, 0.2) is 10.1 Å². The van der Waals surface area contributed by atoms with Crippen LogP contribution in [0.3, 0.4) is 0 Å². The summed E-state index contributed by atoms with van der Waals surface area (Å²) in [5, 5.41) is 17.2. The highest BCUT2D eigenvalue weighted by Crippen LogP contribution is 2.64. The smallest absolute Gasteiger partial charge is 0.333 e. The molecule has 0 aromatic rings. The van der Waals surface area contributed by atoms with Crippen molar-refractivity contribution in [2.45, 2.75) is 14.1 Å². The van der Waals surface area contributed by atoms with Crippen molar-refractivity contribution >= 4 is 75.6 Å². The van der Waals surface area contributed by atoms with Crippen molar-refractivity contribution in [1.82, 2.24) is 0 Å². The van der Waals surface area contributed by atoms with E-state index in [9.17, 15) is 4.79 Å². The molecule has 0 amide bonds. The van der Waals surface area contributed by atoms with Crippen molar-refractivity contribution < 1.29 is 15.0 Å².